The van der Waals surface area contributed by atoms with Crippen LogP contribution < -0.4 is 9.84 Å². The minimum Gasteiger partial charge on any atom is -0.550 e. The molecule has 0 aromatic heterocycles. The van der Waals surface area contributed by atoms with Gasteiger partial charge in [-0.1, -0.05) is 49.9 Å². The summed E-state index contributed by atoms with van der Waals surface area (Å²) >= 11 is 0. The van der Waals surface area contributed by atoms with Crippen molar-refractivity contribution in [1.82, 2.24) is 0 Å². The number of carboxylic acid groups (broad SMARTS) is 1. The fourth-order valence-corrected chi connectivity index (χ4v) is 5.69. The highest BCUT2D eigenvalue weighted by molar-refractivity contribution is 5.74. The van der Waals surface area contributed by atoms with E-state index in [2.05, 4.69) is 69.3 Å². The van der Waals surface area contributed by atoms with Crippen LogP contribution in [0.4, 0.5) is 0 Å². The summed E-state index contributed by atoms with van der Waals surface area (Å²) in [4.78, 5) is 11.3. The van der Waals surface area contributed by atoms with Crippen molar-refractivity contribution in [1.29, 1.82) is 0 Å². The van der Waals surface area contributed by atoms with E-state index in [0.29, 0.717) is 6.61 Å². The Morgan fingerprint density at radius 2 is 1.73 bits per heavy atom. The molecule has 3 aromatic rings. The summed E-state index contributed by atoms with van der Waals surface area (Å²) in [5.74, 6) is -0.00736. The number of fused-ring (bicyclic) bond motifs is 1. The largest absolute Gasteiger partial charge is 0.550 e. The lowest BCUT2D eigenvalue weighted by molar-refractivity contribution is -0.306. The molecule has 0 bridgehead atoms. The second-order valence-corrected chi connectivity index (χ2v) is 9.67. The van der Waals surface area contributed by atoms with Gasteiger partial charge in [0.2, 0.25) is 0 Å². The Hall–Kier alpha value is -3.07. The van der Waals surface area contributed by atoms with Crippen LogP contribution in [-0.2, 0) is 17.8 Å². The number of carbonyl (C=O) groups excluding carboxylic acids is 1. The van der Waals surface area contributed by atoms with Crippen LogP contribution in [0, 0.1) is 26.2 Å². The summed E-state index contributed by atoms with van der Waals surface area (Å²) in [6, 6.07) is 19.1. The van der Waals surface area contributed by atoms with E-state index in [1.165, 1.54) is 44.5 Å². The first-order chi connectivity index (χ1) is 15.4. The van der Waals surface area contributed by atoms with Crippen molar-refractivity contribution in [3.8, 4) is 16.9 Å². The van der Waals surface area contributed by atoms with E-state index in [4.69, 9.17) is 4.74 Å². The number of benzene rings is 3. The maximum Gasteiger partial charge on any atom is 0.120 e. The van der Waals surface area contributed by atoms with Gasteiger partial charge in [0.25, 0.3) is 0 Å². The third-order valence-electron chi connectivity index (χ3n) is 7.63. The first-order valence-electron chi connectivity index (χ1n) is 11.5. The van der Waals surface area contributed by atoms with E-state index in [0.717, 1.165) is 25.0 Å². The standard InChI is InChI=1S/C29H30O3.CH4/c1-18-6-4-7-19(2)28(18)24-9-5-8-21(20(24)3)17-32-23-10-11-25-22(14-23)16-29(12-13-29)26(25)15-27(30)31;/h4-11,14,26H,12-13,15-17H2,1-3H3,(H,30,31);1H4/p-1. The molecular formula is C30H33O3-. The first kappa shape index (κ1) is 23.1. The molecule has 1 unspecified atom stereocenters. The van der Waals surface area contributed by atoms with Crippen LogP contribution in [0.5, 0.6) is 5.75 Å². The van der Waals surface area contributed by atoms with Crippen LogP contribution in [0.1, 0.15) is 66.0 Å². The van der Waals surface area contributed by atoms with Gasteiger partial charge >= 0.3 is 0 Å². The maximum atomic E-state index is 11.3. The topological polar surface area (TPSA) is 49.4 Å². The molecule has 1 atom stereocenters. The number of rotatable bonds is 6. The van der Waals surface area contributed by atoms with E-state index in [1.54, 1.807) is 0 Å². The summed E-state index contributed by atoms with van der Waals surface area (Å²) < 4.78 is 6.23. The summed E-state index contributed by atoms with van der Waals surface area (Å²) in [6.45, 7) is 7.01. The summed E-state index contributed by atoms with van der Waals surface area (Å²) in [6.07, 6.45) is 3.30. The molecule has 0 amide bonds. The van der Waals surface area contributed by atoms with Crippen molar-refractivity contribution >= 4 is 5.97 Å². The van der Waals surface area contributed by atoms with Crippen LogP contribution in [0.2, 0.25) is 0 Å². The molecule has 0 saturated heterocycles. The minimum absolute atomic E-state index is 0. The third kappa shape index (κ3) is 4.17. The molecule has 2 aliphatic carbocycles. The Balaban J connectivity index is 0.00000259. The molecule has 1 spiro atoms. The molecule has 0 radical (unpaired) electrons. The minimum atomic E-state index is -0.950. The molecule has 1 saturated carbocycles. The van der Waals surface area contributed by atoms with Crippen molar-refractivity contribution in [3.63, 3.8) is 0 Å². The van der Waals surface area contributed by atoms with E-state index >= 15 is 0 Å². The van der Waals surface area contributed by atoms with Gasteiger partial charge in [0.05, 0.1) is 0 Å². The predicted molar refractivity (Wildman–Crippen MR) is 131 cm³/mol. The number of aryl methyl sites for hydroxylation is 2. The number of carboxylic acids is 1. The van der Waals surface area contributed by atoms with E-state index < -0.39 is 5.97 Å². The zero-order chi connectivity index (χ0) is 22.5. The maximum absolute atomic E-state index is 11.3. The molecular weight excluding hydrogens is 408 g/mol. The Kier molecular flexibility index (Phi) is 6.09. The normalized spacial score (nSPS) is 17.4. The molecule has 3 nitrogen and oxygen atoms in total. The van der Waals surface area contributed by atoms with Gasteiger partial charge in [0, 0.05) is 5.97 Å². The summed E-state index contributed by atoms with van der Waals surface area (Å²) in [5.41, 5.74) is 10.1. The molecule has 1 fully saturated rings. The number of hydrogen-bond donors (Lipinski definition) is 0. The molecule has 3 heteroatoms. The number of aliphatic carboxylic acids is 1. The molecule has 2 aliphatic rings. The predicted octanol–water partition coefficient (Wildman–Crippen LogP) is 6.05. The monoisotopic (exact) mass is 441 g/mol. The lowest BCUT2D eigenvalue weighted by atomic mass is 9.87. The van der Waals surface area contributed by atoms with Crippen molar-refractivity contribution in [2.75, 3.05) is 0 Å². The zero-order valence-electron chi connectivity index (χ0n) is 19.0. The quantitative estimate of drug-likeness (QED) is 0.468. The molecule has 0 heterocycles. The van der Waals surface area contributed by atoms with Crippen LogP contribution in [0.15, 0.2) is 54.6 Å². The summed E-state index contributed by atoms with van der Waals surface area (Å²) in [5, 5.41) is 11.3. The SMILES string of the molecule is C.Cc1cccc(C)c1-c1cccc(COc2ccc3c(c2)CC2(CC2)C3CC(=O)[O-])c1C. The van der Waals surface area contributed by atoms with Crippen molar-refractivity contribution < 1.29 is 14.6 Å². The van der Waals surface area contributed by atoms with Gasteiger partial charge in [-0.25, -0.2) is 0 Å². The fraction of sp³-hybridized carbons (Fsp3) is 0.367. The lowest BCUT2D eigenvalue weighted by Gasteiger charge is -2.20. The lowest BCUT2D eigenvalue weighted by Crippen LogP contribution is -2.26. The van der Waals surface area contributed by atoms with Crippen LogP contribution in [0.3, 0.4) is 0 Å². The highest BCUT2D eigenvalue weighted by Gasteiger charge is 2.54. The molecule has 5 rings (SSSR count). The summed E-state index contributed by atoms with van der Waals surface area (Å²) in [7, 11) is 0. The van der Waals surface area contributed by atoms with Gasteiger partial charge < -0.3 is 14.6 Å². The Labute approximate surface area is 197 Å². The third-order valence-corrected chi connectivity index (χ3v) is 7.63. The Morgan fingerprint density at radius 1 is 1.03 bits per heavy atom. The van der Waals surface area contributed by atoms with Gasteiger partial charge in [-0.05, 0) is 114 Å². The Morgan fingerprint density at radius 3 is 2.39 bits per heavy atom. The van der Waals surface area contributed by atoms with Gasteiger partial charge in [-0.3, -0.25) is 0 Å². The van der Waals surface area contributed by atoms with Crippen LogP contribution >= 0.6 is 0 Å². The van der Waals surface area contributed by atoms with Gasteiger partial charge in [-0.2, -0.15) is 0 Å². The van der Waals surface area contributed by atoms with Gasteiger partial charge in [-0.15, -0.1) is 0 Å². The van der Waals surface area contributed by atoms with E-state index in [-0.39, 0.29) is 25.2 Å². The van der Waals surface area contributed by atoms with E-state index in [1.807, 2.05) is 6.07 Å². The van der Waals surface area contributed by atoms with Crippen LogP contribution in [-0.4, -0.2) is 5.97 Å². The fourth-order valence-electron chi connectivity index (χ4n) is 5.69. The number of ether oxygens (including phenoxy) is 1. The molecule has 172 valence electrons. The highest BCUT2D eigenvalue weighted by atomic mass is 16.5. The molecule has 33 heavy (non-hydrogen) atoms. The first-order valence-corrected chi connectivity index (χ1v) is 11.5. The second kappa shape index (κ2) is 8.70. The smallest absolute Gasteiger partial charge is 0.120 e. The van der Waals surface area contributed by atoms with Crippen molar-refractivity contribution in [3.05, 3.63) is 88.0 Å². The van der Waals surface area contributed by atoms with E-state index in [9.17, 15) is 9.90 Å². The molecule has 3 aromatic carbocycles. The average molecular weight is 442 g/mol. The Bertz CT molecular complexity index is 1180. The van der Waals surface area contributed by atoms with Crippen LogP contribution in [0.25, 0.3) is 11.1 Å². The molecule has 0 N–H and O–H groups in total. The average Bonchev–Trinajstić information content (AvgIpc) is 3.46. The second-order valence-electron chi connectivity index (χ2n) is 9.67. The van der Waals surface area contributed by atoms with Crippen molar-refractivity contribution in [2.24, 2.45) is 5.41 Å². The van der Waals surface area contributed by atoms with Gasteiger partial charge in [0.1, 0.15) is 12.4 Å². The number of carbonyl (C=O) groups is 1. The van der Waals surface area contributed by atoms with Crippen molar-refractivity contribution in [2.45, 2.75) is 66.4 Å². The van der Waals surface area contributed by atoms with Gasteiger partial charge in [0.15, 0.2) is 0 Å². The highest BCUT2D eigenvalue weighted by Crippen LogP contribution is 2.64. The zero-order valence-corrected chi connectivity index (χ0v) is 19.0. The number of hydrogen-bond acceptors (Lipinski definition) is 3. The molecule has 0 aliphatic heterocycles.